The van der Waals surface area contributed by atoms with Crippen LogP contribution >= 0.6 is 0 Å². The van der Waals surface area contributed by atoms with Crippen molar-refractivity contribution in [3.05, 3.63) is 23.9 Å². The van der Waals surface area contributed by atoms with E-state index in [1.807, 2.05) is 29.8 Å². The number of hydrogen-bond acceptors (Lipinski definition) is 4. The number of fused-ring (bicyclic) bond motifs is 1. The number of hydrogen-bond donors (Lipinski definition) is 1. The summed E-state index contributed by atoms with van der Waals surface area (Å²) < 4.78 is 13.1. The van der Waals surface area contributed by atoms with Crippen LogP contribution in [-0.2, 0) is 16.2 Å². The zero-order valence-corrected chi connectivity index (χ0v) is 15.2. The van der Waals surface area contributed by atoms with Crippen LogP contribution in [0, 0.1) is 0 Å². The van der Waals surface area contributed by atoms with E-state index in [1.54, 1.807) is 7.11 Å². The summed E-state index contributed by atoms with van der Waals surface area (Å²) in [5.41, 5.74) is 8.57. The Bertz CT molecular complexity index is 634. The van der Waals surface area contributed by atoms with Crippen molar-refractivity contribution in [2.45, 2.75) is 45.4 Å². The molecule has 1 atom stereocenters. The summed E-state index contributed by atoms with van der Waals surface area (Å²) in [6, 6.07) is 6.99. The van der Waals surface area contributed by atoms with E-state index in [-0.39, 0.29) is 6.10 Å². The van der Waals surface area contributed by atoms with Crippen molar-refractivity contribution in [2.24, 2.45) is 0 Å². The fraction of sp³-hybridized carbons (Fsp3) is 0.562. The van der Waals surface area contributed by atoms with Crippen molar-refractivity contribution in [2.75, 3.05) is 19.5 Å². The predicted molar refractivity (Wildman–Crippen MR) is 93.7 cm³/mol. The zero-order valence-electron chi connectivity index (χ0n) is 14.2. The number of nitrogen functional groups attached to an aromatic ring is 1. The van der Waals surface area contributed by atoms with Crippen molar-refractivity contribution in [1.82, 2.24) is 9.78 Å². The minimum atomic E-state index is -1.07. The first kappa shape index (κ1) is 17.0. The first-order valence-corrected chi connectivity index (χ1v) is 11.4. The molecule has 0 aliphatic heterocycles. The first-order chi connectivity index (χ1) is 10.3. The van der Waals surface area contributed by atoms with Gasteiger partial charge in [-0.1, -0.05) is 19.6 Å². The van der Waals surface area contributed by atoms with Crippen LogP contribution in [0.1, 0.15) is 18.7 Å². The summed E-state index contributed by atoms with van der Waals surface area (Å²) in [4.78, 5) is 0. The fourth-order valence-electron chi connectivity index (χ4n) is 2.26. The van der Waals surface area contributed by atoms with Crippen LogP contribution in [0.2, 0.25) is 25.7 Å². The average Bonchev–Trinajstić information content (AvgIpc) is 2.79. The number of anilines is 1. The molecule has 2 N–H and O–H groups in total. The molecule has 6 heteroatoms. The lowest BCUT2D eigenvalue weighted by Crippen LogP contribution is -2.22. The summed E-state index contributed by atoms with van der Waals surface area (Å²) in [6.07, 6.45) is -0.0764. The van der Waals surface area contributed by atoms with Gasteiger partial charge in [0.15, 0.2) is 0 Å². The van der Waals surface area contributed by atoms with Crippen LogP contribution in [0.15, 0.2) is 18.2 Å². The topological polar surface area (TPSA) is 62.3 Å². The Hall–Kier alpha value is -1.37. The summed E-state index contributed by atoms with van der Waals surface area (Å²) in [5, 5.41) is 5.69. The normalized spacial score (nSPS) is 13.7. The number of benzene rings is 1. The SMILES string of the molecule is COC(C)c1nn(COCC[Si](C)(C)C)c2ccc(N)cc12. The molecule has 1 unspecified atom stereocenters. The second-order valence-electron chi connectivity index (χ2n) is 6.89. The Morgan fingerprint density at radius 2 is 2.05 bits per heavy atom. The fourth-order valence-corrected chi connectivity index (χ4v) is 3.02. The lowest BCUT2D eigenvalue weighted by Gasteiger charge is -2.15. The van der Waals surface area contributed by atoms with Gasteiger partial charge in [0, 0.05) is 32.9 Å². The molecule has 0 fully saturated rings. The van der Waals surface area contributed by atoms with Crippen molar-refractivity contribution in [3.63, 3.8) is 0 Å². The smallest absolute Gasteiger partial charge is 0.140 e. The molecule has 0 amide bonds. The van der Waals surface area contributed by atoms with Crippen LogP contribution in [0.4, 0.5) is 5.69 Å². The Morgan fingerprint density at radius 3 is 2.68 bits per heavy atom. The van der Waals surface area contributed by atoms with Crippen LogP contribution in [0.25, 0.3) is 10.9 Å². The van der Waals surface area contributed by atoms with Gasteiger partial charge in [-0.05, 0) is 31.2 Å². The summed E-state index contributed by atoms with van der Waals surface area (Å²) in [6.45, 7) is 10.3. The highest BCUT2D eigenvalue weighted by atomic mass is 28.3. The molecule has 22 heavy (non-hydrogen) atoms. The second-order valence-corrected chi connectivity index (χ2v) is 12.5. The second kappa shape index (κ2) is 6.81. The lowest BCUT2D eigenvalue weighted by molar-refractivity contribution is 0.0781. The molecule has 2 rings (SSSR count). The van der Waals surface area contributed by atoms with E-state index < -0.39 is 8.07 Å². The van der Waals surface area contributed by atoms with Gasteiger partial charge in [0.25, 0.3) is 0 Å². The van der Waals surface area contributed by atoms with E-state index in [0.29, 0.717) is 6.73 Å². The molecule has 5 nitrogen and oxygen atoms in total. The molecule has 0 radical (unpaired) electrons. The third kappa shape index (κ3) is 4.09. The standard InChI is InChI=1S/C16H27N3O2Si/c1-12(20-2)16-14-10-13(17)6-7-15(14)19(18-16)11-21-8-9-22(3,4)5/h6-7,10,12H,8-9,11,17H2,1-5H3. The molecule has 0 saturated heterocycles. The highest BCUT2D eigenvalue weighted by Crippen LogP contribution is 2.27. The third-order valence-corrected chi connectivity index (χ3v) is 5.46. The van der Waals surface area contributed by atoms with Crippen molar-refractivity contribution >= 4 is 24.7 Å². The molecule has 1 heterocycles. The number of nitrogens with zero attached hydrogens (tertiary/aromatic N) is 2. The highest BCUT2D eigenvalue weighted by molar-refractivity contribution is 6.76. The van der Waals surface area contributed by atoms with E-state index in [9.17, 15) is 0 Å². The number of ether oxygens (including phenoxy) is 2. The number of methoxy groups -OCH3 is 1. The van der Waals surface area contributed by atoms with Crippen molar-refractivity contribution in [3.8, 4) is 0 Å². The molecule has 0 aliphatic rings. The van der Waals surface area contributed by atoms with Crippen LogP contribution < -0.4 is 5.73 Å². The first-order valence-electron chi connectivity index (χ1n) is 7.68. The Labute approximate surface area is 133 Å². The Balaban J connectivity index is 2.19. The molecule has 0 saturated carbocycles. The highest BCUT2D eigenvalue weighted by Gasteiger charge is 2.17. The van der Waals surface area contributed by atoms with Gasteiger partial charge in [-0.15, -0.1) is 0 Å². The molecule has 0 spiro atoms. The van der Waals surface area contributed by atoms with Gasteiger partial charge < -0.3 is 15.2 Å². The number of aromatic nitrogens is 2. The monoisotopic (exact) mass is 321 g/mol. The molecular weight excluding hydrogens is 294 g/mol. The molecule has 1 aromatic carbocycles. The Morgan fingerprint density at radius 1 is 1.32 bits per heavy atom. The minimum Gasteiger partial charge on any atom is -0.399 e. The number of nitrogens with two attached hydrogens (primary N) is 1. The summed E-state index contributed by atoms with van der Waals surface area (Å²) in [7, 11) is 0.621. The molecule has 122 valence electrons. The predicted octanol–water partition coefficient (Wildman–Crippen LogP) is 3.64. The van der Waals surface area contributed by atoms with Gasteiger partial charge in [0.2, 0.25) is 0 Å². The summed E-state index contributed by atoms with van der Waals surface area (Å²) >= 11 is 0. The largest absolute Gasteiger partial charge is 0.399 e. The van der Waals surface area contributed by atoms with Gasteiger partial charge in [-0.2, -0.15) is 5.10 Å². The molecule has 0 aliphatic carbocycles. The van der Waals surface area contributed by atoms with Crippen LogP contribution in [-0.4, -0.2) is 31.6 Å². The van der Waals surface area contributed by atoms with Gasteiger partial charge in [-0.25, -0.2) is 4.68 Å². The van der Waals surface area contributed by atoms with E-state index in [0.717, 1.165) is 34.9 Å². The van der Waals surface area contributed by atoms with Gasteiger partial charge in [-0.3, -0.25) is 0 Å². The maximum absolute atomic E-state index is 5.91. The van der Waals surface area contributed by atoms with Crippen LogP contribution in [0.5, 0.6) is 0 Å². The van der Waals surface area contributed by atoms with Gasteiger partial charge in [0.05, 0.1) is 17.3 Å². The zero-order chi connectivity index (χ0) is 16.3. The van der Waals surface area contributed by atoms with Crippen molar-refractivity contribution < 1.29 is 9.47 Å². The summed E-state index contributed by atoms with van der Waals surface area (Å²) in [5.74, 6) is 0. The number of rotatable bonds is 7. The van der Waals surface area contributed by atoms with E-state index >= 15 is 0 Å². The molecule has 0 bridgehead atoms. The molecule has 1 aromatic heterocycles. The molecule has 2 aromatic rings. The van der Waals surface area contributed by atoms with E-state index in [4.69, 9.17) is 15.2 Å². The average molecular weight is 321 g/mol. The lowest BCUT2D eigenvalue weighted by atomic mass is 10.1. The quantitative estimate of drug-likeness (QED) is 0.480. The van der Waals surface area contributed by atoms with Gasteiger partial charge in [0.1, 0.15) is 6.73 Å². The van der Waals surface area contributed by atoms with Gasteiger partial charge >= 0.3 is 0 Å². The minimum absolute atomic E-state index is 0.0764. The van der Waals surface area contributed by atoms with Crippen LogP contribution in [0.3, 0.4) is 0 Å². The Kier molecular flexibility index (Phi) is 5.26. The van der Waals surface area contributed by atoms with E-state index in [2.05, 4.69) is 24.7 Å². The van der Waals surface area contributed by atoms with Crippen molar-refractivity contribution in [1.29, 1.82) is 0 Å². The maximum atomic E-state index is 5.91. The maximum Gasteiger partial charge on any atom is 0.140 e. The molecular formula is C16H27N3O2Si. The van der Waals surface area contributed by atoms with E-state index in [1.165, 1.54) is 0 Å². The third-order valence-electron chi connectivity index (χ3n) is 3.75.